The van der Waals surface area contributed by atoms with Crippen LogP contribution in [0, 0.1) is 5.82 Å². The summed E-state index contributed by atoms with van der Waals surface area (Å²) < 4.78 is 30.9. The van der Waals surface area contributed by atoms with Gasteiger partial charge >= 0.3 is 11.6 Å². The van der Waals surface area contributed by atoms with E-state index in [-0.39, 0.29) is 24.4 Å². The van der Waals surface area contributed by atoms with Crippen LogP contribution < -0.4 is 15.1 Å². The fourth-order valence-electron chi connectivity index (χ4n) is 3.62. The number of hydrogen-bond donors (Lipinski definition) is 1. The minimum atomic E-state index is -1.04. The largest absolute Gasteiger partial charge is 0.489 e. The van der Waals surface area contributed by atoms with E-state index in [2.05, 4.69) is 0 Å². The van der Waals surface area contributed by atoms with Crippen molar-refractivity contribution in [2.24, 2.45) is 0 Å². The van der Waals surface area contributed by atoms with Crippen LogP contribution in [0.5, 0.6) is 11.5 Å². The Morgan fingerprint density at radius 3 is 2.76 bits per heavy atom. The molecule has 0 bridgehead atoms. The summed E-state index contributed by atoms with van der Waals surface area (Å²) in [5.74, 6) is -0.359. The second-order valence-corrected chi connectivity index (χ2v) is 7.70. The van der Waals surface area contributed by atoms with Crippen molar-refractivity contribution < 1.29 is 28.2 Å². The fourth-order valence-corrected chi connectivity index (χ4v) is 3.62. The number of ether oxygens (including phenoxy) is 2. The van der Waals surface area contributed by atoms with Gasteiger partial charge in [-0.3, -0.25) is 4.79 Å². The lowest BCUT2D eigenvalue weighted by atomic mass is 10.0. The van der Waals surface area contributed by atoms with Gasteiger partial charge in [0.15, 0.2) is 0 Å². The van der Waals surface area contributed by atoms with Gasteiger partial charge in [0.1, 0.15) is 35.1 Å². The average Bonchev–Trinajstić information content (AvgIpc) is 2.92. The lowest BCUT2D eigenvalue weighted by Gasteiger charge is -2.18. The van der Waals surface area contributed by atoms with Gasteiger partial charge < -0.3 is 19.0 Å². The fraction of sp³-hybridized carbons (Fsp3) is 0.273. The average molecular weight is 398 g/mol. The molecule has 0 saturated carbocycles. The van der Waals surface area contributed by atoms with E-state index in [9.17, 15) is 14.0 Å². The summed E-state index contributed by atoms with van der Waals surface area (Å²) in [6.45, 7) is 3.95. The predicted octanol–water partition coefficient (Wildman–Crippen LogP) is 3.85. The van der Waals surface area contributed by atoms with E-state index in [4.69, 9.17) is 19.0 Å². The summed E-state index contributed by atoms with van der Waals surface area (Å²) in [4.78, 5) is 22.8. The third kappa shape index (κ3) is 3.94. The van der Waals surface area contributed by atoms with Crippen LogP contribution in [0.2, 0.25) is 0 Å². The summed E-state index contributed by atoms with van der Waals surface area (Å²) >= 11 is 0. The summed E-state index contributed by atoms with van der Waals surface area (Å²) in [5, 5.41) is 9.54. The van der Waals surface area contributed by atoms with Crippen LogP contribution in [0.3, 0.4) is 0 Å². The van der Waals surface area contributed by atoms with Gasteiger partial charge in [0.05, 0.1) is 6.42 Å². The highest BCUT2D eigenvalue weighted by Gasteiger charge is 2.32. The van der Waals surface area contributed by atoms with Crippen molar-refractivity contribution in [2.45, 2.75) is 38.9 Å². The molecule has 3 aromatic rings. The lowest BCUT2D eigenvalue weighted by molar-refractivity contribution is -0.136. The lowest BCUT2D eigenvalue weighted by Crippen LogP contribution is -2.25. The number of halogens is 1. The zero-order valence-corrected chi connectivity index (χ0v) is 16.0. The van der Waals surface area contributed by atoms with E-state index in [1.54, 1.807) is 12.1 Å². The van der Waals surface area contributed by atoms with Crippen LogP contribution in [0.15, 0.2) is 45.6 Å². The van der Waals surface area contributed by atoms with Gasteiger partial charge in [-0.2, -0.15) is 0 Å². The Morgan fingerprint density at radius 1 is 1.21 bits per heavy atom. The molecule has 4 rings (SSSR count). The van der Waals surface area contributed by atoms with Crippen molar-refractivity contribution in [3.8, 4) is 11.5 Å². The second-order valence-electron chi connectivity index (χ2n) is 7.70. The second kappa shape index (κ2) is 6.92. The Bertz CT molecular complexity index is 1180. The third-order valence-corrected chi connectivity index (χ3v) is 4.74. The molecular formula is C22H19FO6. The van der Waals surface area contributed by atoms with Crippen LogP contribution in [0.25, 0.3) is 11.0 Å². The number of rotatable bonds is 5. The first-order valence-electron chi connectivity index (χ1n) is 9.12. The molecule has 1 N–H and O–H groups in total. The molecule has 7 heteroatoms. The molecule has 2 heterocycles. The number of benzene rings is 2. The quantitative estimate of drug-likeness (QED) is 0.657. The van der Waals surface area contributed by atoms with Gasteiger partial charge in [-0.25, -0.2) is 9.18 Å². The molecule has 0 spiro atoms. The van der Waals surface area contributed by atoms with E-state index in [1.165, 1.54) is 24.3 Å². The summed E-state index contributed by atoms with van der Waals surface area (Å²) in [5.41, 5.74) is 0.951. The topological polar surface area (TPSA) is 86.0 Å². The highest BCUT2D eigenvalue weighted by atomic mass is 19.1. The van der Waals surface area contributed by atoms with Gasteiger partial charge in [0.25, 0.3) is 0 Å². The minimum absolute atomic E-state index is 0.0702. The molecule has 29 heavy (non-hydrogen) atoms. The predicted molar refractivity (Wildman–Crippen MR) is 103 cm³/mol. The van der Waals surface area contributed by atoms with E-state index in [0.717, 1.165) is 5.56 Å². The monoisotopic (exact) mass is 398 g/mol. The summed E-state index contributed by atoms with van der Waals surface area (Å²) in [6.07, 6.45) is 0.325. The molecule has 1 aromatic heterocycles. The van der Waals surface area contributed by atoms with Crippen LogP contribution in [0.1, 0.15) is 30.5 Å². The molecule has 0 atom stereocenters. The van der Waals surface area contributed by atoms with Crippen LogP contribution in [-0.4, -0.2) is 16.7 Å². The minimum Gasteiger partial charge on any atom is -0.489 e. The Morgan fingerprint density at radius 2 is 2.00 bits per heavy atom. The number of carboxylic acid groups (broad SMARTS) is 1. The number of fused-ring (bicyclic) bond motifs is 2. The molecular weight excluding hydrogens is 379 g/mol. The smallest absolute Gasteiger partial charge is 0.336 e. The molecule has 2 aromatic carbocycles. The van der Waals surface area contributed by atoms with Crippen molar-refractivity contribution in [1.29, 1.82) is 0 Å². The zero-order valence-electron chi connectivity index (χ0n) is 16.0. The Balaban J connectivity index is 1.62. The molecule has 6 nitrogen and oxygen atoms in total. The molecule has 1 aliphatic heterocycles. The number of carbonyl (C=O) groups is 1. The maximum absolute atomic E-state index is 14.0. The third-order valence-electron chi connectivity index (χ3n) is 4.74. The first-order chi connectivity index (χ1) is 13.7. The Hall–Kier alpha value is -3.35. The van der Waals surface area contributed by atoms with Crippen LogP contribution in [-0.2, 0) is 24.2 Å². The number of hydrogen-bond acceptors (Lipinski definition) is 5. The highest BCUT2D eigenvalue weighted by molar-refractivity contribution is 5.85. The van der Waals surface area contributed by atoms with Gasteiger partial charge in [-0.05, 0) is 43.7 Å². The summed E-state index contributed by atoms with van der Waals surface area (Å²) in [7, 11) is 0. The summed E-state index contributed by atoms with van der Waals surface area (Å²) in [6, 6.07) is 8.84. The standard InChI is InChI=1S/C22H19FO6/c1-22(2)10-13-5-15(23)6-14(21(13)29-22)11-27-16-3-4-17-12(7-19(24)25)8-20(26)28-18(17)9-16/h3-6,8-9H,7,10-11H2,1-2H3,(H,24,25). The van der Waals surface area contributed by atoms with Gasteiger partial charge in [-0.1, -0.05) is 0 Å². The van der Waals surface area contributed by atoms with Crippen molar-refractivity contribution in [1.82, 2.24) is 0 Å². The number of aliphatic carboxylic acids is 1. The molecule has 0 unspecified atom stereocenters. The van der Waals surface area contributed by atoms with E-state index < -0.39 is 17.2 Å². The molecule has 0 aliphatic carbocycles. The van der Waals surface area contributed by atoms with Crippen molar-refractivity contribution in [3.05, 3.63) is 69.3 Å². The van der Waals surface area contributed by atoms with Gasteiger partial charge in [0.2, 0.25) is 0 Å². The van der Waals surface area contributed by atoms with E-state index in [0.29, 0.717) is 34.4 Å². The molecule has 1 aliphatic rings. The van der Waals surface area contributed by atoms with Gasteiger partial charge in [-0.15, -0.1) is 0 Å². The maximum Gasteiger partial charge on any atom is 0.336 e. The van der Waals surface area contributed by atoms with Crippen molar-refractivity contribution in [3.63, 3.8) is 0 Å². The van der Waals surface area contributed by atoms with E-state index in [1.807, 2.05) is 13.8 Å². The van der Waals surface area contributed by atoms with E-state index >= 15 is 0 Å². The van der Waals surface area contributed by atoms with Gasteiger partial charge in [0, 0.05) is 35.1 Å². The highest BCUT2D eigenvalue weighted by Crippen LogP contribution is 2.38. The Labute approximate surface area is 165 Å². The normalized spacial score (nSPS) is 14.4. The number of carboxylic acids is 1. The van der Waals surface area contributed by atoms with Crippen LogP contribution >= 0.6 is 0 Å². The zero-order chi connectivity index (χ0) is 20.8. The molecule has 0 fully saturated rings. The van der Waals surface area contributed by atoms with Crippen molar-refractivity contribution in [2.75, 3.05) is 0 Å². The van der Waals surface area contributed by atoms with Crippen molar-refractivity contribution >= 4 is 16.9 Å². The van der Waals surface area contributed by atoms with Crippen LogP contribution in [0.4, 0.5) is 4.39 Å². The molecule has 150 valence electrons. The first-order valence-corrected chi connectivity index (χ1v) is 9.12. The molecule has 0 radical (unpaired) electrons. The Kier molecular flexibility index (Phi) is 4.53. The SMILES string of the molecule is CC1(C)Cc2cc(F)cc(COc3ccc4c(CC(=O)O)cc(=O)oc4c3)c2O1. The maximum atomic E-state index is 14.0. The molecule has 0 amide bonds. The molecule has 0 saturated heterocycles. The first kappa shape index (κ1) is 19.0.